The Morgan fingerprint density at radius 1 is 1.00 bits per heavy atom. The van der Waals surface area contributed by atoms with Gasteiger partial charge in [-0.2, -0.15) is 0 Å². The molecule has 0 radical (unpaired) electrons. The van der Waals surface area contributed by atoms with Gasteiger partial charge in [0, 0.05) is 26.2 Å². The lowest BCUT2D eigenvalue weighted by molar-refractivity contribution is -0.152. The Labute approximate surface area is 240 Å². The van der Waals surface area contributed by atoms with Gasteiger partial charge >= 0.3 is 5.97 Å². The normalized spacial score (nSPS) is 32.4. The molecular formula is C29H53N5O6. The number of nitrogens with zero attached hydrogens (tertiary/aromatic N) is 2. The number of ether oxygens (including phenoxy) is 4. The zero-order chi connectivity index (χ0) is 28.2. The second kappa shape index (κ2) is 16.9. The van der Waals surface area contributed by atoms with E-state index in [-0.39, 0.29) is 24.0 Å². The first-order chi connectivity index (χ1) is 19.5. The molecule has 3 N–H and O–H groups in total. The van der Waals surface area contributed by atoms with Gasteiger partial charge in [0.25, 0.3) is 0 Å². The maximum Gasteiger partial charge on any atom is 0.320 e. The van der Waals surface area contributed by atoms with Gasteiger partial charge in [-0.15, -0.1) is 0 Å². The van der Waals surface area contributed by atoms with E-state index >= 15 is 0 Å². The number of carbonyl (C=O) groups is 2. The molecule has 2 saturated heterocycles. The lowest BCUT2D eigenvalue weighted by Gasteiger charge is -2.37. The second-order valence-corrected chi connectivity index (χ2v) is 12.5. The molecule has 2 aliphatic heterocycles. The number of hydrogen-bond acceptors (Lipinski definition) is 10. The van der Waals surface area contributed by atoms with E-state index in [1.807, 2.05) is 19.0 Å². The van der Waals surface area contributed by atoms with Crippen LogP contribution in [0, 0.1) is 23.7 Å². The Kier molecular flexibility index (Phi) is 13.4. The Hall–Kier alpha value is -1.34. The highest BCUT2D eigenvalue weighted by Gasteiger charge is 2.37. The molecule has 230 valence electrons. The minimum absolute atomic E-state index is 0.0450. The average molecular weight is 568 g/mol. The van der Waals surface area contributed by atoms with E-state index in [2.05, 4.69) is 20.9 Å². The summed E-state index contributed by atoms with van der Waals surface area (Å²) in [6.07, 6.45) is 9.49. The van der Waals surface area contributed by atoms with E-state index in [0.717, 1.165) is 64.8 Å². The van der Waals surface area contributed by atoms with Crippen LogP contribution in [0.2, 0.25) is 0 Å². The standard InChI is InChI=1S/C29H53N5O6/c1-33(2)16-28(35)40-26-6-3-5-22(12-26)13-30-18-39-19-31-14-23-8-9-24-15-34(21-38-17-25(24)11-23)27-7-4-10-37-20-32-29(27)36/h22-27,30-31H,3-21H2,1-2H3,(H,32,36). The average Bonchev–Trinajstić information content (AvgIpc) is 3.12. The molecule has 2 heterocycles. The molecule has 0 aromatic heterocycles. The van der Waals surface area contributed by atoms with Gasteiger partial charge in [0.15, 0.2) is 0 Å². The quantitative estimate of drug-likeness (QED) is 0.181. The van der Waals surface area contributed by atoms with E-state index in [1.165, 1.54) is 19.3 Å². The molecule has 4 rings (SSSR count). The summed E-state index contributed by atoms with van der Waals surface area (Å²) in [6, 6.07) is -0.113. The first-order valence-electron chi connectivity index (χ1n) is 15.5. The minimum Gasteiger partial charge on any atom is -0.461 e. The lowest BCUT2D eigenvalue weighted by Crippen LogP contribution is -2.50. The van der Waals surface area contributed by atoms with Gasteiger partial charge in [-0.05, 0) is 95.6 Å². The maximum absolute atomic E-state index is 12.6. The maximum atomic E-state index is 12.6. The van der Waals surface area contributed by atoms with Gasteiger partial charge < -0.3 is 24.3 Å². The van der Waals surface area contributed by atoms with Crippen LogP contribution in [0.4, 0.5) is 0 Å². The number of amides is 1. The summed E-state index contributed by atoms with van der Waals surface area (Å²) >= 11 is 0. The zero-order valence-corrected chi connectivity index (χ0v) is 24.7. The van der Waals surface area contributed by atoms with Gasteiger partial charge in [-0.1, -0.05) is 0 Å². The van der Waals surface area contributed by atoms with Crippen molar-refractivity contribution in [3.8, 4) is 0 Å². The number of fused-ring (bicyclic) bond motifs is 1. The molecule has 0 aromatic carbocycles. The molecule has 11 heteroatoms. The highest BCUT2D eigenvalue weighted by molar-refractivity contribution is 5.81. The predicted molar refractivity (Wildman–Crippen MR) is 151 cm³/mol. The molecular weight excluding hydrogens is 514 g/mol. The van der Waals surface area contributed by atoms with Crippen LogP contribution in [0.15, 0.2) is 0 Å². The molecule has 4 fully saturated rings. The van der Waals surface area contributed by atoms with Gasteiger partial charge in [-0.3, -0.25) is 30.0 Å². The van der Waals surface area contributed by atoms with Crippen molar-refractivity contribution in [1.29, 1.82) is 0 Å². The zero-order valence-electron chi connectivity index (χ0n) is 24.7. The SMILES string of the molecule is CN(C)CC(=O)OC1CCCC(CNCOCNCC2CCC3CN(C4CCCOCNC4=O)COCC3C2)C1. The van der Waals surface area contributed by atoms with Gasteiger partial charge in [-0.25, -0.2) is 0 Å². The number of nitrogens with one attached hydrogen (secondary N) is 3. The van der Waals surface area contributed by atoms with Crippen LogP contribution in [0.25, 0.3) is 0 Å². The second-order valence-electron chi connectivity index (χ2n) is 12.5. The minimum atomic E-state index is -0.129. The van der Waals surface area contributed by atoms with E-state index < -0.39 is 0 Å². The van der Waals surface area contributed by atoms with Gasteiger partial charge in [0.2, 0.25) is 5.91 Å². The summed E-state index contributed by atoms with van der Waals surface area (Å²) in [5.74, 6) is 2.22. The van der Waals surface area contributed by atoms with Crippen LogP contribution in [-0.4, -0.2) is 114 Å². The molecule has 4 aliphatic rings. The molecule has 40 heavy (non-hydrogen) atoms. The third kappa shape index (κ3) is 10.5. The van der Waals surface area contributed by atoms with Crippen molar-refractivity contribution in [2.45, 2.75) is 69.9 Å². The number of rotatable bonds is 12. The van der Waals surface area contributed by atoms with Crippen molar-refractivity contribution >= 4 is 11.9 Å². The molecule has 11 nitrogen and oxygen atoms in total. The topological polar surface area (TPSA) is 114 Å². The van der Waals surface area contributed by atoms with Crippen molar-refractivity contribution in [3.63, 3.8) is 0 Å². The van der Waals surface area contributed by atoms with Crippen molar-refractivity contribution in [3.05, 3.63) is 0 Å². The fourth-order valence-corrected chi connectivity index (χ4v) is 6.85. The van der Waals surface area contributed by atoms with Crippen LogP contribution >= 0.6 is 0 Å². The van der Waals surface area contributed by atoms with Crippen molar-refractivity contribution in [2.75, 3.05) is 80.4 Å². The van der Waals surface area contributed by atoms with Crippen LogP contribution in [0.3, 0.4) is 0 Å². The number of esters is 1. The van der Waals surface area contributed by atoms with Crippen molar-refractivity contribution in [1.82, 2.24) is 25.8 Å². The molecule has 2 aliphatic carbocycles. The number of carbonyl (C=O) groups excluding carboxylic acids is 2. The molecule has 6 unspecified atom stereocenters. The molecule has 0 bridgehead atoms. The molecule has 0 spiro atoms. The Balaban J connectivity index is 1.06. The summed E-state index contributed by atoms with van der Waals surface area (Å²) in [7, 11) is 3.76. The Bertz CT molecular complexity index is 773. The molecule has 2 saturated carbocycles. The third-order valence-corrected chi connectivity index (χ3v) is 8.92. The molecule has 1 amide bonds. The smallest absolute Gasteiger partial charge is 0.320 e. The number of likely N-dealkylation sites (N-methyl/N-ethyl adjacent to an activating group) is 1. The van der Waals surface area contributed by atoms with Crippen LogP contribution in [-0.2, 0) is 28.5 Å². The number of hydrogen-bond donors (Lipinski definition) is 3. The summed E-state index contributed by atoms with van der Waals surface area (Å²) in [6.45, 7) is 6.52. The van der Waals surface area contributed by atoms with E-state index in [1.54, 1.807) is 0 Å². The van der Waals surface area contributed by atoms with Gasteiger partial charge in [0.1, 0.15) is 12.8 Å². The lowest BCUT2D eigenvalue weighted by atomic mass is 9.74. The van der Waals surface area contributed by atoms with Gasteiger partial charge in [0.05, 0.1) is 39.4 Å². The van der Waals surface area contributed by atoms with E-state index in [4.69, 9.17) is 18.9 Å². The Morgan fingerprint density at radius 3 is 2.60 bits per heavy atom. The van der Waals surface area contributed by atoms with E-state index in [0.29, 0.717) is 63.7 Å². The van der Waals surface area contributed by atoms with Crippen LogP contribution in [0.5, 0.6) is 0 Å². The Morgan fingerprint density at radius 2 is 1.80 bits per heavy atom. The first kappa shape index (κ1) is 31.6. The fourth-order valence-electron chi connectivity index (χ4n) is 6.85. The predicted octanol–water partition coefficient (Wildman–Crippen LogP) is 1.34. The molecule has 6 atom stereocenters. The van der Waals surface area contributed by atoms with Crippen molar-refractivity contribution < 1.29 is 28.5 Å². The highest BCUT2D eigenvalue weighted by atomic mass is 16.5. The third-order valence-electron chi connectivity index (χ3n) is 8.92. The molecule has 0 aromatic rings. The monoisotopic (exact) mass is 567 g/mol. The summed E-state index contributed by atoms with van der Waals surface area (Å²) in [5, 5.41) is 9.81. The summed E-state index contributed by atoms with van der Waals surface area (Å²) in [4.78, 5) is 28.7. The first-order valence-corrected chi connectivity index (χ1v) is 15.5. The summed E-state index contributed by atoms with van der Waals surface area (Å²) in [5.41, 5.74) is 0. The van der Waals surface area contributed by atoms with Crippen LogP contribution in [0.1, 0.15) is 57.8 Å². The van der Waals surface area contributed by atoms with Crippen LogP contribution < -0.4 is 16.0 Å². The van der Waals surface area contributed by atoms with Crippen molar-refractivity contribution in [2.24, 2.45) is 23.7 Å². The fraction of sp³-hybridized carbons (Fsp3) is 0.931. The highest BCUT2D eigenvalue weighted by Crippen LogP contribution is 2.36. The summed E-state index contributed by atoms with van der Waals surface area (Å²) < 4.78 is 22.9. The van der Waals surface area contributed by atoms with E-state index in [9.17, 15) is 9.59 Å². The largest absolute Gasteiger partial charge is 0.461 e.